The largest absolute Gasteiger partial charge is 0.480 e. The standard InChI is InChI=1S/3C6H9N3O2.Cr/c3*7-5(6(10)11)1-4-2-8-3-9-4;/h3*2-3,5H,1,7H2,(H,8,9)(H,10,11);. The van der Waals surface area contributed by atoms with E-state index in [1.54, 1.807) is 18.6 Å². The van der Waals surface area contributed by atoms with Crippen molar-refractivity contribution in [2.24, 2.45) is 17.2 Å². The van der Waals surface area contributed by atoms with Crippen LogP contribution in [0.3, 0.4) is 0 Å². The molecule has 0 saturated carbocycles. The van der Waals surface area contributed by atoms with Gasteiger partial charge in [0.25, 0.3) is 0 Å². The molecular formula is C18H27CrN9O6. The zero-order valence-electron chi connectivity index (χ0n) is 17.9. The summed E-state index contributed by atoms with van der Waals surface area (Å²) in [6.45, 7) is 0. The molecule has 0 radical (unpaired) electrons. The summed E-state index contributed by atoms with van der Waals surface area (Å²) in [5, 5.41) is 25.3. The van der Waals surface area contributed by atoms with Gasteiger partial charge in [0, 0.05) is 55.2 Å². The van der Waals surface area contributed by atoms with Gasteiger partial charge in [-0.1, -0.05) is 0 Å². The Kier molecular flexibility index (Phi) is 14.4. The molecule has 0 aromatic carbocycles. The number of carboxylic acids is 3. The first-order chi connectivity index (χ1) is 15.6. The predicted molar refractivity (Wildman–Crippen MR) is 114 cm³/mol. The molecule has 0 aliphatic carbocycles. The van der Waals surface area contributed by atoms with E-state index < -0.39 is 36.0 Å². The monoisotopic (exact) mass is 517 g/mol. The average molecular weight is 517 g/mol. The van der Waals surface area contributed by atoms with Crippen molar-refractivity contribution in [3.8, 4) is 0 Å². The molecule has 0 aliphatic rings. The molecule has 34 heavy (non-hydrogen) atoms. The van der Waals surface area contributed by atoms with Crippen LogP contribution in [0.25, 0.3) is 0 Å². The van der Waals surface area contributed by atoms with Gasteiger partial charge in [-0.3, -0.25) is 14.4 Å². The molecule has 186 valence electrons. The Balaban J connectivity index is 0.000000473. The Labute approximate surface area is 204 Å². The van der Waals surface area contributed by atoms with E-state index in [4.69, 9.17) is 32.5 Å². The van der Waals surface area contributed by atoms with E-state index in [0.717, 1.165) is 0 Å². The molecule has 12 N–H and O–H groups in total. The molecule has 16 heteroatoms. The number of rotatable bonds is 9. The van der Waals surface area contributed by atoms with Crippen molar-refractivity contribution in [3.05, 3.63) is 54.7 Å². The van der Waals surface area contributed by atoms with Crippen LogP contribution in [0.15, 0.2) is 37.6 Å². The second kappa shape index (κ2) is 16.1. The molecule has 0 saturated heterocycles. The summed E-state index contributed by atoms with van der Waals surface area (Å²) in [4.78, 5) is 50.5. The first-order valence-electron chi connectivity index (χ1n) is 9.48. The third-order valence-electron chi connectivity index (χ3n) is 3.90. The van der Waals surface area contributed by atoms with Crippen molar-refractivity contribution >= 4 is 17.9 Å². The minimum Gasteiger partial charge on any atom is -0.480 e. The van der Waals surface area contributed by atoms with Crippen molar-refractivity contribution in [3.63, 3.8) is 0 Å². The fourth-order valence-electron chi connectivity index (χ4n) is 2.15. The van der Waals surface area contributed by atoms with Crippen molar-refractivity contribution in [2.75, 3.05) is 0 Å². The number of aromatic nitrogens is 6. The molecule has 3 atom stereocenters. The number of carboxylic acid groups (broad SMARTS) is 3. The van der Waals surface area contributed by atoms with E-state index in [0.29, 0.717) is 17.1 Å². The fourth-order valence-corrected chi connectivity index (χ4v) is 2.15. The molecule has 3 rings (SSSR count). The number of carbonyl (C=O) groups is 3. The Morgan fingerprint density at radius 3 is 1.03 bits per heavy atom. The predicted octanol–water partition coefficient (Wildman–Crippen LogP) is -1.91. The summed E-state index contributed by atoms with van der Waals surface area (Å²) in [6, 6.07) is -2.59. The van der Waals surface area contributed by atoms with Crippen molar-refractivity contribution < 1.29 is 47.1 Å². The van der Waals surface area contributed by atoms with Crippen LogP contribution in [0, 0.1) is 0 Å². The van der Waals surface area contributed by atoms with E-state index in [-0.39, 0.29) is 36.6 Å². The van der Waals surface area contributed by atoms with Crippen LogP contribution in [-0.2, 0) is 51.0 Å². The number of nitrogens with zero attached hydrogens (tertiary/aromatic N) is 3. The molecule has 3 aromatic heterocycles. The maximum absolute atomic E-state index is 10.3. The quantitative estimate of drug-likeness (QED) is 0.150. The van der Waals surface area contributed by atoms with E-state index in [1.165, 1.54) is 19.0 Å². The normalized spacial score (nSPS) is 12.4. The number of nitrogens with two attached hydrogens (primary N) is 3. The van der Waals surface area contributed by atoms with Crippen LogP contribution in [0.5, 0.6) is 0 Å². The molecular weight excluding hydrogens is 490 g/mol. The molecule has 0 aliphatic heterocycles. The Morgan fingerprint density at radius 1 is 0.647 bits per heavy atom. The molecule has 0 spiro atoms. The molecule has 3 aromatic rings. The van der Waals surface area contributed by atoms with Crippen LogP contribution < -0.4 is 17.2 Å². The molecule has 0 fully saturated rings. The summed E-state index contributed by atoms with van der Waals surface area (Å²) >= 11 is 0. The minimum absolute atomic E-state index is 0. The van der Waals surface area contributed by atoms with Gasteiger partial charge in [-0.05, 0) is 0 Å². The minimum atomic E-state index is -1.01. The van der Waals surface area contributed by atoms with Gasteiger partial charge in [0.15, 0.2) is 0 Å². The van der Waals surface area contributed by atoms with Crippen LogP contribution in [0.4, 0.5) is 0 Å². The van der Waals surface area contributed by atoms with Crippen LogP contribution in [-0.4, -0.2) is 81.3 Å². The zero-order valence-corrected chi connectivity index (χ0v) is 19.1. The van der Waals surface area contributed by atoms with Gasteiger partial charge >= 0.3 is 17.9 Å². The molecule has 15 nitrogen and oxygen atoms in total. The van der Waals surface area contributed by atoms with E-state index >= 15 is 0 Å². The zero-order chi connectivity index (χ0) is 24.8. The number of imidazole rings is 3. The summed E-state index contributed by atoms with van der Waals surface area (Å²) in [5.74, 6) is -3.02. The number of nitrogens with one attached hydrogen (secondary N) is 3. The van der Waals surface area contributed by atoms with Gasteiger partial charge in [-0.2, -0.15) is 0 Å². The van der Waals surface area contributed by atoms with Gasteiger partial charge in [-0.15, -0.1) is 0 Å². The van der Waals surface area contributed by atoms with Crippen LogP contribution in [0.2, 0.25) is 0 Å². The Morgan fingerprint density at radius 2 is 0.882 bits per heavy atom. The SMILES string of the molecule is NC(Cc1c[nH]cn1)C(=O)O.NC(Cc1c[nH]cn1)C(=O)O.NC(Cc1c[nH]cn1)C(=O)O.[Cr]. The Bertz CT molecular complexity index is 827. The van der Waals surface area contributed by atoms with E-state index in [2.05, 4.69) is 29.9 Å². The topological polar surface area (TPSA) is 276 Å². The van der Waals surface area contributed by atoms with Crippen LogP contribution >= 0.6 is 0 Å². The van der Waals surface area contributed by atoms with E-state index in [1.807, 2.05) is 0 Å². The third-order valence-corrected chi connectivity index (χ3v) is 3.90. The summed E-state index contributed by atoms with van der Waals surface area (Å²) in [6.07, 6.45) is 10.1. The van der Waals surface area contributed by atoms with Gasteiger partial charge in [0.1, 0.15) is 18.1 Å². The maximum atomic E-state index is 10.3. The second-order valence-corrected chi connectivity index (χ2v) is 6.63. The number of hydrogen-bond acceptors (Lipinski definition) is 9. The summed E-state index contributed by atoms with van der Waals surface area (Å²) in [7, 11) is 0. The maximum Gasteiger partial charge on any atom is 0.320 e. The second-order valence-electron chi connectivity index (χ2n) is 6.63. The molecule has 0 amide bonds. The van der Waals surface area contributed by atoms with Gasteiger partial charge in [0.05, 0.1) is 36.1 Å². The number of hydrogen-bond donors (Lipinski definition) is 9. The molecule has 3 unspecified atom stereocenters. The van der Waals surface area contributed by atoms with Crippen molar-refractivity contribution in [1.29, 1.82) is 0 Å². The first-order valence-corrected chi connectivity index (χ1v) is 9.48. The molecule has 3 heterocycles. The summed E-state index contributed by atoms with van der Waals surface area (Å²) in [5.41, 5.74) is 17.8. The average Bonchev–Trinajstić information content (AvgIpc) is 3.53. The first kappa shape index (κ1) is 30.5. The van der Waals surface area contributed by atoms with E-state index in [9.17, 15) is 14.4 Å². The fraction of sp³-hybridized carbons (Fsp3) is 0.333. The number of aromatic amines is 3. The smallest absolute Gasteiger partial charge is 0.320 e. The Hall–Kier alpha value is -3.55. The molecule has 0 bridgehead atoms. The van der Waals surface area contributed by atoms with Gasteiger partial charge < -0.3 is 47.5 Å². The number of H-pyrrole nitrogens is 3. The van der Waals surface area contributed by atoms with Crippen molar-refractivity contribution in [2.45, 2.75) is 37.4 Å². The van der Waals surface area contributed by atoms with Gasteiger partial charge in [0.2, 0.25) is 0 Å². The van der Waals surface area contributed by atoms with Crippen molar-refractivity contribution in [1.82, 2.24) is 29.9 Å². The van der Waals surface area contributed by atoms with Gasteiger partial charge in [-0.25, -0.2) is 15.0 Å². The third kappa shape index (κ3) is 12.5. The number of aliphatic carboxylic acids is 3. The van der Waals surface area contributed by atoms with Crippen LogP contribution in [0.1, 0.15) is 17.1 Å². The summed E-state index contributed by atoms with van der Waals surface area (Å²) < 4.78 is 0.